The summed E-state index contributed by atoms with van der Waals surface area (Å²) < 4.78 is 13.6. The maximum absolute atomic E-state index is 6.96. The summed E-state index contributed by atoms with van der Waals surface area (Å²) in [5.74, 6) is 0. The Bertz CT molecular complexity index is 3080. The van der Waals surface area contributed by atoms with Gasteiger partial charge < -0.3 is 13.7 Å². The first-order valence-electron chi connectivity index (χ1n) is 18.6. The van der Waals surface area contributed by atoms with E-state index in [1.165, 1.54) is 27.8 Å². The van der Waals surface area contributed by atoms with E-state index in [1.807, 2.05) is 6.07 Å². The third-order valence-corrected chi connectivity index (χ3v) is 11.5. The van der Waals surface area contributed by atoms with E-state index < -0.39 is 0 Å². The lowest BCUT2D eigenvalue weighted by Crippen LogP contribution is -2.16. The van der Waals surface area contributed by atoms with Crippen LogP contribution in [0.4, 0.5) is 17.1 Å². The minimum absolute atomic E-state index is 0.137. The molecular formula is C51H35NO2. The monoisotopic (exact) mass is 693 g/mol. The van der Waals surface area contributed by atoms with Crippen molar-refractivity contribution in [3.05, 3.63) is 187 Å². The first-order chi connectivity index (χ1) is 26.5. The molecule has 0 saturated heterocycles. The third kappa shape index (κ3) is 4.55. The van der Waals surface area contributed by atoms with E-state index in [4.69, 9.17) is 8.83 Å². The van der Waals surface area contributed by atoms with Gasteiger partial charge in [0.1, 0.15) is 16.7 Å². The SMILES string of the molecule is CC1(C)c2ccccc2-c2ccc(N(c3cccc(-c4ccccc4)c3)c3cccc4c3oc3cc5c(cc34)oc3c(-c4ccccc4)cccc35)cc21. The maximum Gasteiger partial charge on any atom is 0.159 e. The molecular weight excluding hydrogens is 659 g/mol. The summed E-state index contributed by atoms with van der Waals surface area (Å²) in [7, 11) is 0. The quantitative estimate of drug-likeness (QED) is 0.180. The second kappa shape index (κ2) is 11.6. The van der Waals surface area contributed by atoms with Crippen LogP contribution in [0.5, 0.6) is 0 Å². The van der Waals surface area contributed by atoms with Gasteiger partial charge in [-0.15, -0.1) is 0 Å². The highest BCUT2D eigenvalue weighted by Crippen LogP contribution is 2.51. The Hall–Kier alpha value is -6.84. The van der Waals surface area contributed by atoms with Gasteiger partial charge in [-0.05, 0) is 81.4 Å². The zero-order valence-corrected chi connectivity index (χ0v) is 30.0. The average molecular weight is 694 g/mol. The van der Waals surface area contributed by atoms with E-state index >= 15 is 0 Å². The molecule has 1 aliphatic rings. The van der Waals surface area contributed by atoms with Gasteiger partial charge in [0.15, 0.2) is 5.58 Å². The highest BCUT2D eigenvalue weighted by Gasteiger charge is 2.36. The summed E-state index contributed by atoms with van der Waals surface area (Å²) in [5, 5.41) is 4.20. The number of hydrogen-bond donors (Lipinski definition) is 0. The molecule has 0 spiro atoms. The Labute approximate surface area is 313 Å². The highest BCUT2D eigenvalue weighted by atomic mass is 16.3. The number of fused-ring (bicyclic) bond motifs is 9. The summed E-state index contributed by atoms with van der Waals surface area (Å²) in [6.07, 6.45) is 0. The molecule has 0 bridgehead atoms. The summed E-state index contributed by atoms with van der Waals surface area (Å²) in [6.45, 7) is 4.67. The minimum Gasteiger partial charge on any atom is -0.455 e. The third-order valence-electron chi connectivity index (χ3n) is 11.5. The molecule has 11 rings (SSSR count). The van der Waals surface area contributed by atoms with Crippen molar-refractivity contribution < 1.29 is 8.83 Å². The van der Waals surface area contributed by atoms with E-state index in [9.17, 15) is 0 Å². The van der Waals surface area contributed by atoms with Gasteiger partial charge >= 0.3 is 0 Å². The standard InChI is InChI=1S/C51H35NO2/c1-51(2)44-24-10-9-20-38(44)39-27-26-36(29-45(39)51)52(35-19-11-18-34(28-35)32-14-5-3-6-15-32)46-25-13-23-41-43-31-47-42(30-48(43)54-50(41)46)40-22-12-21-37(49(40)53-47)33-16-7-4-8-17-33/h3-31H,1-2H3. The van der Waals surface area contributed by atoms with Gasteiger partial charge in [0.25, 0.3) is 0 Å². The van der Waals surface area contributed by atoms with Crippen molar-refractivity contribution in [2.75, 3.05) is 4.90 Å². The molecule has 0 amide bonds. The van der Waals surface area contributed by atoms with E-state index in [2.05, 4.69) is 189 Å². The number of nitrogens with zero attached hydrogens (tertiary/aromatic N) is 1. The molecule has 0 radical (unpaired) electrons. The van der Waals surface area contributed by atoms with Crippen LogP contribution in [0.2, 0.25) is 0 Å². The molecule has 0 unspecified atom stereocenters. The lowest BCUT2D eigenvalue weighted by Gasteiger charge is -2.28. The molecule has 54 heavy (non-hydrogen) atoms. The van der Waals surface area contributed by atoms with Crippen LogP contribution >= 0.6 is 0 Å². The van der Waals surface area contributed by atoms with Crippen molar-refractivity contribution >= 4 is 60.9 Å². The number of anilines is 3. The van der Waals surface area contributed by atoms with Crippen LogP contribution in [-0.4, -0.2) is 0 Å². The topological polar surface area (TPSA) is 29.5 Å². The fourth-order valence-electron chi connectivity index (χ4n) is 8.81. The van der Waals surface area contributed by atoms with E-state index in [0.29, 0.717) is 0 Å². The second-order valence-corrected chi connectivity index (χ2v) is 14.9. The van der Waals surface area contributed by atoms with Crippen molar-refractivity contribution in [2.45, 2.75) is 19.3 Å². The molecule has 8 aromatic carbocycles. The number of hydrogen-bond acceptors (Lipinski definition) is 3. The Morgan fingerprint density at radius 3 is 1.74 bits per heavy atom. The molecule has 256 valence electrons. The van der Waals surface area contributed by atoms with E-state index in [1.54, 1.807) is 0 Å². The molecule has 1 aliphatic carbocycles. The number of para-hydroxylation sites is 2. The molecule has 0 N–H and O–H groups in total. The average Bonchev–Trinajstić information content (AvgIpc) is 3.85. The van der Waals surface area contributed by atoms with E-state index in [-0.39, 0.29) is 5.41 Å². The van der Waals surface area contributed by atoms with Gasteiger partial charge in [0.2, 0.25) is 0 Å². The van der Waals surface area contributed by atoms with Gasteiger partial charge in [-0.1, -0.05) is 147 Å². The minimum atomic E-state index is -0.137. The van der Waals surface area contributed by atoms with Crippen LogP contribution in [-0.2, 0) is 5.41 Å². The molecule has 3 nitrogen and oxygen atoms in total. The Morgan fingerprint density at radius 1 is 0.389 bits per heavy atom. The van der Waals surface area contributed by atoms with Crippen LogP contribution in [0, 0.1) is 0 Å². The molecule has 2 heterocycles. The van der Waals surface area contributed by atoms with Crippen molar-refractivity contribution in [3.63, 3.8) is 0 Å². The van der Waals surface area contributed by atoms with Gasteiger partial charge in [-0.3, -0.25) is 0 Å². The van der Waals surface area contributed by atoms with Crippen molar-refractivity contribution in [1.82, 2.24) is 0 Å². The fourth-order valence-corrected chi connectivity index (χ4v) is 8.81. The first kappa shape index (κ1) is 30.8. The summed E-state index contributed by atoms with van der Waals surface area (Å²) in [6, 6.07) is 62.8. The smallest absolute Gasteiger partial charge is 0.159 e. The molecule has 0 aliphatic heterocycles. The lowest BCUT2D eigenvalue weighted by molar-refractivity contribution is 0.660. The molecule has 2 aromatic heterocycles. The molecule has 0 atom stereocenters. The lowest BCUT2D eigenvalue weighted by atomic mass is 9.82. The molecule has 0 fully saturated rings. The largest absolute Gasteiger partial charge is 0.455 e. The van der Waals surface area contributed by atoms with Crippen LogP contribution in [0.15, 0.2) is 185 Å². The van der Waals surface area contributed by atoms with Crippen molar-refractivity contribution in [3.8, 4) is 33.4 Å². The first-order valence-corrected chi connectivity index (χ1v) is 18.6. The number of benzene rings is 8. The van der Waals surface area contributed by atoms with Crippen LogP contribution in [0.3, 0.4) is 0 Å². The predicted octanol–water partition coefficient (Wildman–Crippen LogP) is 14.6. The van der Waals surface area contributed by atoms with Crippen molar-refractivity contribution in [2.24, 2.45) is 0 Å². The Balaban J connectivity index is 1.13. The van der Waals surface area contributed by atoms with Crippen LogP contribution in [0.25, 0.3) is 77.3 Å². The van der Waals surface area contributed by atoms with E-state index in [0.717, 1.165) is 77.6 Å². The van der Waals surface area contributed by atoms with Gasteiger partial charge in [0.05, 0.1) is 5.69 Å². The summed E-state index contributed by atoms with van der Waals surface area (Å²) >= 11 is 0. The normalized spacial score (nSPS) is 13.1. The molecule has 3 heteroatoms. The Kier molecular flexibility index (Phi) is 6.60. The highest BCUT2D eigenvalue weighted by molar-refractivity contribution is 6.18. The molecule has 10 aromatic rings. The van der Waals surface area contributed by atoms with Crippen LogP contribution in [0.1, 0.15) is 25.0 Å². The number of furan rings is 2. The number of rotatable bonds is 5. The zero-order chi connectivity index (χ0) is 36.0. The fraction of sp³-hybridized carbons (Fsp3) is 0.0588. The van der Waals surface area contributed by atoms with Crippen LogP contribution < -0.4 is 4.90 Å². The molecule has 0 saturated carbocycles. The predicted molar refractivity (Wildman–Crippen MR) is 224 cm³/mol. The van der Waals surface area contributed by atoms with Crippen molar-refractivity contribution in [1.29, 1.82) is 0 Å². The second-order valence-electron chi connectivity index (χ2n) is 14.9. The summed E-state index contributed by atoms with van der Waals surface area (Å²) in [5.41, 5.74) is 16.3. The maximum atomic E-state index is 6.96. The zero-order valence-electron chi connectivity index (χ0n) is 30.0. The van der Waals surface area contributed by atoms with Gasteiger partial charge in [-0.2, -0.15) is 0 Å². The van der Waals surface area contributed by atoms with Gasteiger partial charge in [0, 0.05) is 43.9 Å². The Morgan fingerprint density at radius 2 is 0.963 bits per heavy atom. The summed E-state index contributed by atoms with van der Waals surface area (Å²) in [4.78, 5) is 2.36. The van der Waals surface area contributed by atoms with Gasteiger partial charge in [-0.25, -0.2) is 0 Å².